The number of methoxy groups -OCH3 is 2. The molecule has 0 bridgehead atoms. The second-order valence-electron chi connectivity index (χ2n) is 5.14. The zero-order chi connectivity index (χ0) is 14.0. The molecule has 19 heavy (non-hydrogen) atoms. The average molecular weight is 276 g/mol. The van der Waals surface area contributed by atoms with Crippen LogP contribution >= 0.6 is 0 Å². The van der Waals surface area contributed by atoms with E-state index < -0.39 is 11.9 Å². The third-order valence-corrected chi connectivity index (χ3v) is 3.88. The minimum atomic E-state index is -0.925. The molecule has 2 rings (SSSR count). The standard InChI is InChI=1S/C13H24O6/c1-5-12(14-3)16-7-11(8-17-12)9-18-13(6-2,15-4)19-10-11/h5-10H2,1-4H3. The minimum Gasteiger partial charge on any atom is -0.331 e. The van der Waals surface area contributed by atoms with Crippen molar-refractivity contribution in [2.45, 2.75) is 38.6 Å². The molecule has 0 aromatic carbocycles. The van der Waals surface area contributed by atoms with E-state index in [1.165, 1.54) is 0 Å². The van der Waals surface area contributed by atoms with Gasteiger partial charge in [-0.15, -0.1) is 0 Å². The van der Waals surface area contributed by atoms with Crippen molar-refractivity contribution in [1.29, 1.82) is 0 Å². The van der Waals surface area contributed by atoms with Crippen LogP contribution in [0, 0.1) is 5.41 Å². The Kier molecular flexibility index (Phi) is 4.49. The van der Waals surface area contributed by atoms with Crippen LogP contribution in [-0.4, -0.2) is 52.6 Å². The summed E-state index contributed by atoms with van der Waals surface area (Å²) in [6, 6.07) is 0. The zero-order valence-electron chi connectivity index (χ0n) is 12.2. The third kappa shape index (κ3) is 2.79. The second kappa shape index (κ2) is 5.63. The van der Waals surface area contributed by atoms with Crippen LogP contribution in [0.25, 0.3) is 0 Å². The highest BCUT2D eigenvalue weighted by molar-refractivity contribution is 4.86. The summed E-state index contributed by atoms with van der Waals surface area (Å²) < 4.78 is 33.6. The first kappa shape index (κ1) is 15.2. The van der Waals surface area contributed by atoms with Gasteiger partial charge in [-0.2, -0.15) is 0 Å². The Morgan fingerprint density at radius 1 is 0.737 bits per heavy atom. The maximum absolute atomic E-state index is 5.75. The van der Waals surface area contributed by atoms with Crippen molar-refractivity contribution in [3.8, 4) is 0 Å². The zero-order valence-corrected chi connectivity index (χ0v) is 12.2. The first-order valence-electron chi connectivity index (χ1n) is 6.73. The molecule has 0 aromatic heterocycles. The van der Waals surface area contributed by atoms with Crippen molar-refractivity contribution in [1.82, 2.24) is 0 Å². The normalized spacial score (nSPS) is 43.6. The van der Waals surface area contributed by atoms with Crippen LogP contribution in [0.15, 0.2) is 0 Å². The highest BCUT2D eigenvalue weighted by Gasteiger charge is 2.50. The summed E-state index contributed by atoms with van der Waals surface area (Å²) in [7, 11) is 3.17. The molecule has 0 saturated carbocycles. The van der Waals surface area contributed by atoms with Gasteiger partial charge in [0.1, 0.15) is 0 Å². The van der Waals surface area contributed by atoms with E-state index in [0.29, 0.717) is 39.3 Å². The topological polar surface area (TPSA) is 55.4 Å². The smallest absolute Gasteiger partial charge is 0.282 e. The third-order valence-electron chi connectivity index (χ3n) is 3.88. The van der Waals surface area contributed by atoms with Crippen molar-refractivity contribution in [2.24, 2.45) is 5.41 Å². The molecule has 2 heterocycles. The Labute approximate surface area is 114 Å². The molecule has 112 valence electrons. The van der Waals surface area contributed by atoms with Gasteiger partial charge in [-0.3, -0.25) is 0 Å². The lowest BCUT2D eigenvalue weighted by Crippen LogP contribution is -2.59. The summed E-state index contributed by atoms with van der Waals surface area (Å²) in [6.07, 6.45) is 1.27. The molecule has 2 aliphatic heterocycles. The lowest BCUT2D eigenvalue weighted by atomic mass is 9.90. The summed E-state index contributed by atoms with van der Waals surface area (Å²) in [5.74, 6) is -1.85. The highest BCUT2D eigenvalue weighted by atomic mass is 16.9. The molecule has 0 unspecified atom stereocenters. The summed E-state index contributed by atoms with van der Waals surface area (Å²) in [5.41, 5.74) is -0.283. The van der Waals surface area contributed by atoms with Crippen molar-refractivity contribution < 1.29 is 28.4 Å². The van der Waals surface area contributed by atoms with Crippen LogP contribution < -0.4 is 0 Å². The summed E-state index contributed by atoms with van der Waals surface area (Å²) in [5, 5.41) is 0. The molecule has 0 aromatic rings. The highest BCUT2D eigenvalue weighted by Crippen LogP contribution is 2.38. The van der Waals surface area contributed by atoms with Gasteiger partial charge in [-0.05, 0) is 0 Å². The molecule has 2 saturated heterocycles. The average Bonchev–Trinajstić information content (AvgIpc) is 2.50. The van der Waals surface area contributed by atoms with Crippen molar-refractivity contribution in [3.05, 3.63) is 0 Å². The van der Waals surface area contributed by atoms with E-state index in [2.05, 4.69) is 0 Å². The predicted octanol–water partition coefficient (Wildman–Crippen LogP) is 1.49. The maximum Gasteiger partial charge on any atom is 0.282 e. The lowest BCUT2D eigenvalue weighted by molar-refractivity contribution is -0.459. The number of hydrogen-bond donors (Lipinski definition) is 0. The van der Waals surface area contributed by atoms with Crippen LogP contribution in [0.5, 0.6) is 0 Å². The number of ether oxygens (including phenoxy) is 6. The second-order valence-corrected chi connectivity index (χ2v) is 5.14. The van der Waals surface area contributed by atoms with Gasteiger partial charge in [0.05, 0.1) is 31.8 Å². The van der Waals surface area contributed by atoms with Gasteiger partial charge in [-0.25, -0.2) is 0 Å². The van der Waals surface area contributed by atoms with E-state index in [9.17, 15) is 0 Å². The SMILES string of the molecule is CCC1(OC)OCC2(CO1)COC(CC)(OC)OC2. The van der Waals surface area contributed by atoms with Crippen LogP contribution in [-0.2, 0) is 28.4 Å². The Morgan fingerprint density at radius 3 is 1.26 bits per heavy atom. The van der Waals surface area contributed by atoms with E-state index in [1.54, 1.807) is 14.2 Å². The van der Waals surface area contributed by atoms with Gasteiger partial charge in [0, 0.05) is 27.1 Å². The van der Waals surface area contributed by atoms with Gasteiger partial charge >= 0.3 is 0 Å². The summed E-state index contributed by atoms with van der Waals surface area (Å²) >= 11 is 0. The van der Waals surface area contributed by atoms with E-state index >= 15 is 0 Å². The van der Waals surface area contributed by atoms with Gasteiger partial charge in [0.25, 0.3) is 11.9 Å². The van der Waals surface area contributed by atoms with Gasteiger partial charge in [0.2, 0.25) is 0 Å². The maximum atomic E-state index is 5.75. The Morgan fingerprint density at radius 2 is 1.05 bits per heavy atom. The lowest BCUT2D eigenvalue weighted by Gasteiger charge is -2.49. The first-order valence-corrected chi connectivity index (χ1v) is 6.73. The van der Waals surface area contributed by atoms with Gasteiger partial charge < -0.3 is 28.4 Å². The van der Waals surface area contributed by atoms with Gasteiger partial charge in [-0.1, -0.05) is 13.8 Å². The van der Waals surface area contributed by atoms with Crippen molar-refractivity contribution in [2.75, 3.05) is 40.6 Å². The van der Waals surface area contributed by atoms with E-state index in [1.807, 2.05) is 13.8 Å². The van der Waals surface area contributed by atoms with Crippen LogP contribution in [0.3, 0.4) is 0 Å². The molecular weight excluding hydrogens is 252 g/mol. The predicted molar refractivity (Wildman–Crippen MR) is 66.3 cm³/mol. The Hall–Kier alpha value is -0.240. The van der Waals surface area contributed by atoms with Crippen LogP contribution in [0.4, 0.5) is 0 Å². The molecule has 0 radical (unpaired) electrons. The van der Waals surface area contributed by atoms with Crippen LogP contribution in [0.1, 0.15) is 26.7 Å². The molecule has 6 heteroatoms. The van der Waals surface area contributed by atoms with Crippen molar-refractivity contribution in [3.63, 3.8) is 0 Å². The van der Waals surface area contributed by atoms with E-state index in [-0.39, 0.29) is 5.41 Å². The number of hydrogen-bond acceptors (Lipinski definition) is 6. The minimum absolute atomic E-state index is 0.283. The first-order chi connectivity index (χ1) is 9.07. The number of rotatable bonds is 4. The van der Waals surface area contributed by atoms with E-state index in [0.717, 1.165) is 0 Å². The Bertz CT molecular complexity index is 244. The molecular formula is C13H24O6. The van der Waals surface area contributed by atoms with E-state index in [4.69, 9.17) is 28.4 Å². The van der Waals surface area contributed by atoms with Crippen LogP contribution in [0.2, 0.25) is 0 Å². The fourth-order valence-corrected chi connectivity index (χ4v) is 2.32. The molecule has 6 nitrogen and oxygen atoms in total. The molecule has 0 aliphatic carbocycles. The molecule has 1 spiro atoms. The quantitative estimate of drug-likeness (QED) is 0.775. The Balaban J connectivity index is 1.95. The molecule has 0 amide bonds. The summed E-state index contributed by atoms with van der Waals surface area (Å²) in [4.78, 5) is 0. The molecule has 2 fully saturated rings. The molecule has 0 atom stereocenters. The molecule has 0 N–H and O–H groups in total. The molecule has 2 aliphatic rings. The summed E-state index contributed by atoms with van der Waals surface area (Å²) in [6.45, 7) is 5.86. The van der Waals surface area contributed by atoms with Gasteiger partial charge in [0.15, 0.2) is 0 Å². The van der Waals surface area contributed by atoms with Crippen molar-refractivity contribution >= 4 is 0 Å². The largest absolute Gasteiger partial charge is 0.331 e. The monoisotopic (exact) mass is 276 g/mol. The fraction of sp³-hybridized carbons (Fsp3) is 1.00. The fourth-order valence-electron chi connectivity index (χ4n) is 2.32.